The molecule has 0 saturated carbocycles. The minimum Gasteiger partial charge on any atom is -0.145 e. The Hall–Kier alpha value is 0.277. The average Bonchev–Trinajstić information content (AvgIpc) is 2.05. The van der Waals surface area contributed by atoms with Crippen molar-refractivity contribution in [3.63, 3.8) is 0 Å². The fraction of sp³-hybridized carbons (Fsp3) is 0.600. The summed E-state index contributed by atoms with van der Waals surface area (Å²) in [6.45, 7) is 2.21. The van der Waals surface area contributed by atoms with E-state index in [-0.39, 0.29) is 0 Å². The van der Waals surface area contributed by atoms with Crippen LogP contribution in [0.25, 0.3) is 0 Å². The molecule has 0 spiro atoms. The third-order valence-electron chi connectivity index (χ3n) is 1.64. The van der Waals surface area contributed by atoms with Gasteiger partial charge in [0.05, 0.1) is 0 Å². The van der Waals surface area contributed by atoms with Crippen molar-refractivity contribution in [3.05, 3.63) is 24.3 Å². The van der Waals surface area contributed by atoms with E-state index >= 15 is 0 Å². The summed E-state index contributed by atoms with van der Waals surface area (Å²) in [5, 5.41) is 0. The van der Waals surface area contributed by atoms with Crippen molar-refractivity contribution in [1.29, 1.82) is 0 Å². The van der Waals surface area contributed by atoms with Gasteiger partial charge >= 0.3 is 0 Å². The van der Waals surface area contributed by atoms with Crippen LogP contribution in [0.15, 0.2) is 24.3 Å². The molecule has 0 aromatic heterocycles. The summed E-state index contributed by atoms with van der Waals surface area (Å²) in [4.78, 5) is 0. The number of hydrogen-bond acceptors (Lipinski definition) is 0. The van der Waals surface area contributed by atoms with Gasteiger partial charge in [-0.3, -0.25) is 0 Å². The normalized spacial score (nSPS) is 13.2. The number of hydrogen-bond donors (Lipinski definition) is 0. The molecule has 0 atom stereocenters. The first-order chi connectivity index (χ1) is 6.12. The first-order valence-electron chi connectivity index (χ1n) is 4.80. The van der Waals surface area contributed by atoms with Gasteiger partial charge in [-0.05, 0) is 24.9 Å². The molecular formula is C10H18Cl2Si. The molecule has 0 amide bonds. The fourth-order valence-corrected chi connectivity index (χ4v) is 3.19. The van der Waals surface area contributed by atoms with Crippen molar-refractivity contribution in [2.45, 2.75) is 38.8 Å². The predicted octanol–water partition coefficient (Wildman–Crippen LogP) is 4.84. The molecule has 0 unspecified atom stereocenters. The highest BCUT2D eigenvalue weighted by atomic mass is 35.7. The Kier molecular flexibility index (Phi) is 7.82. The van der Waals surface area contributed by atoms with Crippen LogP contribution >= 0.6 is 22.2 Å². The highest BCUT2D eigenvalue weighted by molar-refractivity contribution is 7.45. The Bertz CT molecular complexity index is 156. The zero-order valence-electron chi connectivity index (χ0n) is 8.39. The minimum atomic E-state index is -2.01. The molecule has 0 saturated heterocycles. The molecule has 0 rings (SSSR count). The van der Waals surface area contributed by atoms with Crippen LogP contribution in [0.2, 0.25) is 12.1 Å². The van der Waals surface area contributed by atoms with Gasteiger partial charge in [0.15, 0.2) is 0 Å². The fourth-order valence-electron chi connectivity index (χ4n) is 0.928. The van der Waals surface area contributed by atoms with Crippen LogP contribution in [0.3, 0.4) is 0 Å². The zero-order valence-corrected chi connectivity index (χ0v) is 10.9. The number of allylic oxidation sites excluding steroid dienone is 4. The molecule has 0 fully saturated rings. The molecular weight excluding hydrogens is 219 g/mol. The summed E-state index contributed by atoms with van der Waals surface area (Å²) in [5.74, 6) is 0. The van der Waals surface area contributed by atoms with Crippen LogP contribution in [0.5, 0.6) is 0 Å². The van der Waals surface area contributed by atoms with E-state index in [0.29, 0.717) is 0 Å². The summed E-state index contributed by atoms with van der Waals surface area (Å²) in [6, 6.07) is 1.72. The Balaban J connectivity index is 3.78. The van der Waals surface area contributed by atoms with Crippen LogP contribution in [0.1, 0.15) is 26.7 Å². The summed E-state index contributed by atoms with van der Waals surface area (Å²) >= 11 is 12.4. The highest BCUT2D eigenvalue weighted by Crippen LogP contribution is 2.26. The molecule has 0 aliphatic rings. The third kappa shape index (κ3) is 8.60. The minimum absolute atomic E-state index is 0.859. The van der Waals surface area contributed by atoms with Gasteiger partial charge in [0.1, 0.15) is 0 Å². The van der Waals surface area contributed by atoms with Crippen molar-refractivity contribution in [2.75, 3.05) is 0 Å². The first kappa shape index (κ1) is 13.3. The largest absolute Gasteiger partial charge is 0.258 e. The van der Waals surface area contributed by atoms with Crippen molar-refractivity contribution >= 4 is 28.9 Å². The van der Waals surface area contributed by atoms with Gasteiger partial charge in [0.25, 0.3) is 6.69 Å². The van der Waals surface area contributed by atoms with E-state index in [1.54, 1.807) is 0 Å². The van der Waals surface area contributed by atoms with Gasteiger partial charge in [-0.15, -0.1) is 22.2 Å². The van der Waals surface area contributed by atoms with Gasteiger partial charge in [-0.25, -0.2) is 0 Å². The Morgan fingerprint density at radius 1 is 0.846 bits per heavy atom. The van der Waals surface area contributed by atoms with Crippen LogP contribution in [-0.2, 0) is 0 Å². The smallest absolute Gasteiger partial charge is 0.145 e. The molecule has 76 valence electrons. The lowest BCUT2D eigenvalue weighted by Gasteiger charge is -2.10. The van der Waals surface area contributed by atoms with Crippen molar-refractivity contribution in [2.24, 2.45) is 0 Å². The molecule has 0 bridgehead atoms. The Labute approximate surface area is 92.0 Å². The molecule has 0 N–H and O–H groups in total. The van der Waals surface area contributed by atoms with Gasteiger partial charge in [-0.2, -0.15) is 0 Å². The van der Waals surface area contributed by atoms with E-state index in [1.165, 1.54) is 0 Å². The van der Waals surface area contributed by atoms with Crippen molar-refractivity contribution < 1.29 is 0 Å². The molecule has 0 aliphatic carbocycles. The van der Waals surface area contributed by atoms with E-state index in [9.17, 15) is 0 Å². The second-order valence-electron chi connectivity index (χ2n) is 3.02. The molecule has 0 aromatic carbocycles. The molecule has 13 heavy (non-hydrogen) atoms. The quantitative estimate of drug-likeness (QED) is 0.352. The maximum Gasteiger partial charge on any atom is 0.258 e. The van der Waals surface area contributed by atoms with Gasteiger partial charge < -0.3 is 0 Å². The van der Waals surface area contributed by atoms with Crippen molar-refractivity contribution in [1.82, 2.24) is 0 Å². The summed E-state index contributed by atoms with van der Waals surface area (Å²) in [5.41, 5.74) is 0. The SMILES string of the molecule is CCC=CC[Si](Cl)(Cl)CC=CCC. The lowest BCUT2D eigenvalue weighted by molar-refractivity contribution is 1.21. The van der Waals surface area contributed by atoms with Crippen LogP contribution < -0.4 is 0 Å². The second-order valence-corrected chi connectivity index (χ2v) is 10.5. The zero-order chi connectivity index (χ0) is 10.2. The molecule has 0 nitrogen and oxygen atoms in total. The molecule has 0 aliphatic heterocycles. The second kappa shape index (κ2) is 7.66. The Morgan fingerprint density at radius 3 is 1.54 bits per heavy atom. The average molecular weight is 237 g/mol. The number of rotatable bonds is 6. The topological polar surface area (TPSA) is 0 Å². The summed E-state index contributed by atoms with van der Waals surface area (Å²) in [7, 11) is 0. The maximum atomic E-state index is 6.21. The summed E-state index contributed by atoms with van der Waals surface area (Å²) < 4.78 is 0. The van der Waals surface area contributed by atoms with Gasteiger partial charge in [0.2, 0.25) is 0 Å². The molecule has 0 radical (unpaired) electrons. The first-order valence-corrected chi connectivity index (χ1v) is 9.24. The number of halogens is 2. The van der Waals surface area contributed by atoms with E-state index in [2.05, 4.69) is 38.2 Å². The predicted molar refractivity (Wildman–Crippen MR) is 65.9 cm³/mol. The van der Waals surface area contributed by atoms with E-state index in [0.717, 1.165) is 24.9 Å². The molecule has 0 aromatic rings. The standard InChI is InChI=1S/C10H18Cl2Si/c1-3-5-7-9-13(11,12)10-8-6-4-2/h5-8H,3-4,9-10H2,1-2H3. The Morgan fingerprint density at radius 2 is 1.23 bits per heavy atom. The van der Waals surface area contributed by atoms with Crippen molar-refractivity contribution in [3.8, 4) is 0 Å². The van der Waals surface area contributed by atoms with E-state index in [1.807, 2.05) is 0 Å². The van der Waals surface area contributed by atoms with Crippen LogP contribution in [0, 0.1) is 0 Å². The monoisotopic (exact) mass is 236 g/mol. The lowest BCUT2D eigenvalue weighted by atomic mass is 10.4. The van der Waals surface area contributed by atoms with E-state index < -0.39 is 6.69 Å². The third-order valence-corrected chi connectivity index (χ3v) is 5.16. The van der Waals surface area contributed by atoms with Crippen LogP contribution in [-0.4, -0.2) is 6.69 Å². The van der Waals surface area contributed by atoms with Gasteiger partial charge in [0, 0.05) is 0 Å². The molecule has 3 heteroatoms. The van der Waals surface area contributed by atoms with E-state index in [4.69, 9.17) is 22.2 Å². The summed E-state index contributed by atoms with van der Waals surface area (Å²) in [6.07, 6.45) is 10.6. The lowest BCUT2D eigenvalue weighted by Crippen LogP contribution is -2.15. The molecule has 0 heterocycles. The van der Waals surface area contributed by atoms with Crippen LogP contribution in [0.4, 0.5) is 0 Å². The van der Waals surface area contributed by atoms with Gasteiger partial charge in [-0.1, -0.05) is 38.2 Å². The maximum absolute atomic E-state index is 6.21. The highest BCUT2D eigenvalue weighted by Gasteiger charge is 2.24.